The van der Waals surface area contributed by atoms with Gasteiger partial charge in [-0.2, -0.15) is 10.2 Å². The molecule has 1 heterocycles. The van der Waals surface area contributed by atoms with Gasteiger partial charge in [0, 0.05) is 25.1 Å². The molecular formula is C27H32N4O4. The molecule has 0 radical (unpaired) electrons. The normalized spacial score (nSPS) is 12.0. The number of aryl methyl sites for hydroxylation is 1. The Bertz CT molecular complexity index is 1150. The van der Waals surface area contributed by atoms with Crippen molar-refractivity contribution in [3.63, 3.8) is 0 Å². The van der Waals surface area contributed by atoms with Crippen LogP contribution < -0.4 is 4.74 Å². The van der Waals surface area contributed by atoms with E-state index in [0.29, 0.717) is 35.7 Å². The molecule has 0 spiro atoms. The highest BCUT2D eigenvalue weighted by Gasteiger charge is 2.18. The average Bonchev–Trinajstić information content (AvgIpc) is 3.32. The number of aldehydes is 1. The van der Waals surface area contributed by atoms with Crippen LogP contribution in [0.15, 0.2) is 47.0 Å². The van der Waals surface area contributed by atoms with Crippen LogP contribution in [-0.4, -0.2) is 59.3 Å². The lowest BCUT2D eigenvalue weighted by Gasteiger charge is -2.22. The quantitative estimate of drug-likeness (QED) is 0.367. The zero-order valence-corrected chi connectivity index (χ0v) is 20.5. The van der Waals surface area contributed by atoms with E-state index in [9.17, 15) is 10.1 Å². The Morgan fingerprint density at radius 2 is 2.03 bits per heavy atom. The minimum absolute atomic E-state index is 0.000100. The first kappa shape index (κ1) is 26.1. The molecule has 1 unspecified atom stereocenters. The molecule has 0 fully saturated rings. The summed E-state index contributed by atoms with van der Waals surface area (Å²) in [4.78, 5) is 17.8. The molecule has 0 saturated carbocycles. The van der Waals surface area contributed by atoms with Crippen molar-refractivity contribution >= 4 is 6.29 Å². The molecule has 0 amide bonds. The number of aliphatic hydroxyl groups is 1. The summed E-state index contributed by atoms with van der Waals surface area (Å²) in [5, 5.41) is 23.0. The summed E-state index contributed by atoms with van der Waals surface area (Å²) in [5.41, 5.74) is 2.87. The summed E-state index contributed by atoms with van der Waals surface area (Å²) in [6.45, 7) is 5.26. The summed E-state index contributed by atoms with van der Waals surface area (Å²) in [6.07, 6.45) is 2.99. The van der Waals surface area contributed by atoms with Gasteiger partial charge in [-0.1, -0.05) is 29.4 Å². The molecule has 1 atom stereocenters. The molecule has 8 nitrogen and oxygen atoms in total. The van der Waals surface area contributed by atoms with E-state index in [2.05, 4.69) is 16.2 Å². The Kier molecular flexibility index (Phi) is 9.53. The maximum absolute atomic E-state index is 11.2. The minimum atomic E-state index is 0.000100. The smallest absolute Gasteiger partial charge is 0.259 e. The number of carbonyl (C=O) groups is 1. The van der Waals surface area contributed by atoms with E-state index in [1.165, 1.54) is 0 Å². The maximum Gasteiger partial charge on any atom is 0.259 e. The molecule has 0 aliphatic heterocycles. The molecule has 1 N–H and O–H groups in total. The van der Waals surface area contributed by atoms with Gasteiger partial charge in [-0.3, -0.25) is 0 Å². The van der Waals surface area contributed by atoms with Gasteiger partial charge in [0.2, 0.25) is 5.82 Å². The molecule has 184 valence electrons. The number of aromatic nitrogens is 2. The summed E-state index contributed by atoms with van der Waals surface area (Å²) in [6, 6.07) is 15.3. The lowest BCUT2D eigenvalue weighted by atomic mass is 9.94. The molecule has 0 aliphatic carbocycles. The van der Waals surface area contributed by atoms with E-state index in [1.807, 2.05) is 50.1 Å². The lowest BCUT2D eigenvalue weighted by Crippen LogP contribution is -2.29. The number of likely N-dealkylation sites (N-methyl/N-ethyl adjacent to an activating group) is 1. The molecule has 0 saturated heterocycles. The number of hydrogen-bond acceptors (Lipinski definition) is 8. The van der Waals surface area contributed by atoms with Gasteiger partial charge >= 0.3 is 0 Å². The van der Waals surface area contributed by atoms with Gasteiger partial charge < -0.3 is 24.1 Å². The van der Waals surface area contributed by atoms with E-state index in [-0.39, 0.29) is 24.5 Å². The van der Waals surface area contributed by atoms with Crippen LogP contribution in [0.5, 0.6) is 5.75 Å². The molecule has 3 rings (SSSR count). The first-order valence-electron chi connectivity index (χ1n) is 11.8. The molecule has 8 heteroatoms. The topological polar surface area (TPSA) is 112 Å². The van der Waals surface area contributed by atoms with E-state index in [1.54, 1.807) is 18.2 Å². The summed E-state index contributed by atoms with van der Waals surface area (Å²) < 4.78 is 11.2. The molecule has 0 bridgehead atoms. The number of hydrogen-bond donors (Lipinski definition) is 1. The molecule has 1 aromatic heterocycles. The third-order valence-corrected chi connectivity index (χ3v) is 5.70. The number of nitriles is 1. The van der Waals surface area contributed by atoms with Crippen LogP contribution in [0.4, 0.5) is 0 Å². The predicted molar refractivity (Wildman–Crippen MR) is 133 cm³/mol. The highest BCUT2D eigenvalue weighted by atomic mass is 16.5. The van der Waals surface area contributed by atoms with Crippen molar-refractivity contribution in [2.45, 2.75) is 39.2 Å². The van der Waals surface area contributed by atoms with E-state index in [0.717, 1.165) is 36.8 Å². The van der Waals surface area contributed by atoms with Crippen molar-refractivity contribution in [2.75, 3.05) is 26.7 Å². The van der Waals surface area contributed by atoms with Gasteiger partial charge in [-0.05, 0) is 63.4 Å². The first-order valence-corrected chi connectivity index (χ1v) is 11.8. The second-order valence-corrected chi connectivity index (χ2v) is 8.86. The molecule has 35 heavy (non-hydrogen) atoms. The van der Waals surface area contributed by atoms with E-state index in [4.69, 9.17) is 14.4 Å². The van der Waals surface area contributed by atoms with Gasteiger partial charge in [-0.15, -0.1) is 0 Å². The van der Waals surface area contributed by atoms with Crippen molar-refractivity contribution in [1.82, 2.24) is 15.0 Å². The largest absolute Gasteiger partial charge is 0.491 e. The van der Waals surface area contributed by atoms with Crippen LogP contribution in [-0.2, 0) is 11.2 Å². The predicted octanol–water partition coefficient (Wildman–Crippen LogP) is 4.12. The van der Waals surface area contributed by atoms with Gasteiger partial charge in [0.25, 0.3) is 5.89 Å². The Hall–Kier alpha value is -3.54. The zero-order valence-electron chi connectivity index (χ0n) is 20.5. The van der Waals surface area contributed by atoms with Gasteiger partial charge in [0.15, 0.2) is 0 Å². The molecule has 2 aromatic carbocycles. The fourth-order valence-corrected chi connectivity index (χ4v) is 4.03. The number of benzene rings is 2. The number of nitrogens with zero attached hydrogens (tertiary/aromatic N) is 4. The Labute approximate surface area is 206 Å². The molecule has 3 aromatic rings. The monoisotopic (exact) mass is 476 g/mol. The SMILES string of the molecule is CC(C)Oc1ccc(-c2nc(-c3ccccc3CCC(CC=O)CN(C)CCO)no2)c(C#N)c1. The van der Waals surface area contributed by atoms with Crippen LogP contribution >= 0.6 is 0 Å². The number of rotatable bonds is 13. The second kappa shape index (κ2) is 12.8. The first-order chi connectivity index (χ1) is 16.9. The third kappa shape index (κ3) is 7.22. The van der Waals surface area contributed by atoms with Crippen LogP contribution in [0, 0.1) is 17.2 Å². The van der Waals surface area contributed by atoms with Gasteiger partial charge in [-0.25, -0.2) is 0 Å². The van der Waals surface area contributed by atoms with Crippen LogP contribution in [0.3, 0.4) is 0 Å². The fourth-order valence-electron chi connectivity index (χ4n) is 4.03. The second-order valence-electron chi connectivity index (χ2n) is 8.86. The van der Waals surface area contributed by atoms with Crippen LogP contribution in [0.2, 0.25) is 0 Å². The Balaban J connectivity index is 1.80. The summed E-state index contributed by atoms with van der Waals surface area (Å²) in [7, 11) is 1.94. The average molecular weight is 477 g/mol. The third-order valence-electron chi connectivity index (χ3n) is 5.70. The van der Waals surface area contributed by atoms with Gasteiger partial charge in [0.1, 0.15) is 18.1 Å². The molecule has 0 aliphatic rings. The van der Waals surface area contributed by atoms with E-state index >= 15 is 0 Å². The van der Waals surface area contributed by atoms with Crippen molar-refractivity contribution in [1.29, 1.82) is 5.26 Å². The number of aliphatic hydroxyl groups excluding tert-OH is 1. The highest BCUT2D eigenvalue weighted by molar-refractivity contribution is 5.68. The Morgan fingerprint density at radius 1 is 1.23 bits per heavy atom. The zero-order chi connectivity index (χ0) is 25.2. The highest BCUT2D eigenvalue weighted by Crippen LogP contribution is 2.30. The molecular weight excluding hydrogens is 444 g/mol. The van der Waals surface area contributed by atoms with Crippen molar-refractivity contribution in [2.24, 2.45) is 5.92 Å². The van der Waals surface area contributed by atoms with Crippen LogP contribution in [0.25, 0.3) is 22.8 Å². The van der Waals surface area contributed by atoms with Crippen molar-refractivity contribution < 1.29 is 19.2 Å². The van der Waals surface area contributed by atoms with Crippen molar-refractivity contribution in [3.8, 4) is 34.7 Å². The number of carbonyl (C=O) groups excluding carboxylic acids is 1. The summed E-state index contributed by atoms with van der Waals surface area (Å²) >= 11 is 0. The van der Waals surface area contributed by atoms with Crippen molar-refractivity contribution in [3.05, 3.63) is 53.6 Å². The van der Waals surface area contributed by atoms with Crippen LogP contribution in [0.1, 0.15) is 37.8 Å². The summed E-state index contributed by atoms with van der Waals surface area (Å²) in [5.74, 6) is 1.51. The lowest BCUT2D eigenvalue weighted by molar-refractivity contribution is -0.108. The standard InChI is InChI=1S/C27H32N4O4/c1-19(2)34-23-10-11-25(22(16-23)17-28)27-29-26(30-35-27)24-7-5-4-6-21(24)9-8-20(12-14-32)18-31(3)13-15-33/h4-7,10-11,14,16,19-20,33H,8-9,12-13,15,18H2,1-3H3. The fraction of sp³-hybridized carbons (Fsp3) is 0.407. The maximum atomic E-state index is 11.2. The minimum Gasteiger partial charge on any atom is -0.491 e. The number of ether oxygens (including phenoxy) is 1. The van der Waals surface area contributed by atoms with Gasteiger partial charge in [0.05, 0.1) is 23.8 Å². The van der Waals surface area contributed by atoms with E-state index < -0.39 is 0 Å². The Morgan fingerprint density at radius 3 is 2.74 bits per heavy atom.